The minimum atomic E-state index is -0.187. The van der Waals surface area contributed by atoms with Crippen LogP contribution in [0.1, 0.15) is 25.3 Å². The largest absolute Gasteiger partial charge is 0.375 e. The fraction of sp³-hybridized carbons (Fsp3) is 0.375. The molecule has 1 aromatic carbocycles. The Bertz CT molecular complexity index is 578. The molecule has 2 rings (SSSR count). The second-order valence-electron chi connectivity index (χ2n) is 4.82. The van der Waals surface area contributed by atoms with Crippen LogP contribution in [0.5, 0.6) is 0 Å². The van der Waals surface area contributed by atoms with E-state index in [1.807, 2.05) is 5.38 Å². The molecule has 1 amide bonds. The third-order valence-electron chi connectivity index (χ3n) is 3.09. The molecule has 21 heavy (non-hydrogen) atoms. The van der Waals surface area contributed by atoms with Gasteiger partial charge < -0.3 is 4.74 Å². The van der Waals surface area contributed by atoms with Crippen LogP contribution in [0, 0.1) is 0 Å². The normalized spacial score (nSPS) is 10.6. The number of rotatable bonds is 7. The van der Waals surface area contributed by atoms with Crippen LogP contribution >= 0.6 is 11.3 Å². The molecule has 1 N–H and O–H groups in total. The minimum absolute atomic E-state index is 0.0427. The molecule has 4 nitrogen and oxygen atoms in total. The number of hydrogen-bond donors (Lipinski definition) is 1. The van der Waals surface area contributed by atoms with Crippen molar-refractivity contribution < 1.29 is 9.53 Å². The Kier molecular flexibility index (Phi) is 5.90. The number of carbonyl (C=O) groups is 1. The van der Waals surface area contributed by atoms with Crippen LogP contribution in [0.3, 0.4) is 0 Å². The van der Waals surface area contributed by atoms with Crippen molar-refractivity contribution in [2.24, 2.45) is 0 Å². The maximum absolute atomic E-state index is 11.4. The molecule has 0 spiro atoms. The van der Waals surface area contributed by atoms with Crippen LogP contribution in [-0.2, 0) is 16.0 Å². The van der Waals surface area contributed by atoms with E-state index in [0.29, 0.717) is 5.13 Å². The van der Waals surface area contributed by atoms with Gasteiger partial charge in [0.05, 0.1) is 5.69 Å². The van der Waals surface area contributed by atoms with E-state index in [-0.39, 0.29) is 12.5 Å². The smallest absolute Gasteiger partial charge is 0.252 e. The summed E-state index contributed by atoms with van der Waals surface area (Å²) in [6, 6.07) is 8.46. The van der Waals surface area contributed by atoms with Crippen molar-refractivity contribution in [2.45, 2.75) is 26.2 Å². The Labute approximate surface area is 129 Å². The van der Waals surface area contributed by atoms with E-state index in [1.165, 1.54) is 36.9 Å². The van der Waals surface area contributed by atoms with E-state index >= 15 is 0 Å². The first-order valence-corrected chi connectivity index (χ1v) is 7.94. The van der Waals surface area contributed by atoms with E-state index in [2.05, 4.69) is 41.5 Å². The molecule has 0 bridgehead atoms. The fourth-order valence-corrected chi connectivity index (χ4v) is 2.71. The van der Waals surface area contributed by atoms with Gasteiger partial charge in [-0.1, -0.05) is 37.6 Å². The van der Waals surface area contributed by atoms with Gasteiger partial charge in [0.2, 0.25) is 0 Å². The SMILES string of the molecule is CCCCc1ccc(-c2csc(NC(=O)COC)n2)cc1. The molecule has 0 fully saturated rings. The van der Waals surface area contributed by atoms with Gasteiger partial charge in [0.15, 0.2) is 5.13 Å². The Hall–Kier alpha value is -1.72. The number of nitrogens with one attached hydrogen (secondary N) is 1. The molecule has 0 aliphatic carbocycles. The number of thiazole rings is 1. The fourth-order valence-electron chi connectivity index (χ4n) is 1.97. The Morgan fingerprint density at radius 2 is 2.10 bits per heavy atom. The molecule has 0 unspecified atom stereocenters. The zero-order chi connectivity index (χ0) is 15.1. The lowest BCUT2D eigenvalue weighted by molar-refractivity contribution is -0.119. The number of nitrogens with zero attached hydrogens (tertiary/aromatic N) is 1. The summed E-state index contributed by atoms with van der Waals surface area (Å²) in [4.78, 5) is 15.9. The number of hydrogen-bond acceptors (Lipinski definition) is 4. The first-order chi connectivity index (χ1) is 10.2. The van der Waals surface area contributed by atoms with Gasteiger partial charge in [-0.15, -0.1) is 11.3 Å². The summed E-state index contributed by atoms with van der Waals surface area (Å²) in [5.74, 6) is -0.187. The first kappa shape index (κ1) is 15.7. The van der Waals surface area contributed by atoms with Crippen molar-refractivity contribution in [1.29, 1.82) is 0 Å². The van der Waals surface area contributed by atoms with Gasteiger partial charge in [0.25, 0.3) is 5.91 Å². The molecule has 0 aliphatic rings. The molecular weight excluding hydrogens is 284 g/mol. The Morgan fingerprint density at radius 1 is 1.33 bits per heavy atom. The quantitative estimate of drug-likeness (QED) is 0.848. The van der Waals surface area contributed by atoms with E-state index in [0.717, 1.165) is 17.7 Å². The summed E-state index contributed by atoms with van der Waals surface area (Å²) >= 11 is 1.42. The number of anilines is 1. The van der Waals surface area contributed by atoms with Crippen LogP contribution in [0.2, 0.25) is 0 Å². The lowest BCUT2D eigenvalue weighted by Gasteiger charge is -2.02. The van der Waals surface area contributed by atoms with Gasteiger partial charge in [0.1, 0.15) is 6.61 Å². The van der Waals surface area contributed by atoms with Gasteiger partial charge in [-0.3, -0.25) is 10.1 Å². The summed E-state index contributed by atoms with van der Waals surface area (Å²) in [5, 5.41) is 5.26. The molecule has 5 heteroatoms. The number of unbranched alkanes of at least 4 members (excludes halogenated alkanes) is 1. The molecular formula is C16H20N2O2S. The van der Waals surface area contributed by atoms with Gasteiger partial charge in [0, 0.05) is 18.1 Å². The number of aromatic nitrogens is 1. The molecule has 0 radical (unpaired) electrons. The van der Waals surface area contributed by atoms with E-state index in [1.54, 1.807) is 0 Å². The van der Waals surface area contributed by atoms with Crippen LogP contribution in [-0.4, -0.2) is 24.6 Å². The predicted octanol–water partition coefficient (Wildman–Crippen LogP) is 3.74. The van der Waals surface area contributed by atoms with E-state index in [9.17, 15) is 4.79 Å². The molecule has 2 aromatic rings. The number of amides is 1. The van der Waals surface area contributed by atoms with Gasteiger partial charge in [-0.25, -0.2) is 4.98 Å². The molecule has 0 saturated heterocycles. The Balaban J connectivity index is 2.01. The van der Waals surface area contributed by atoms with Gasteiger partial charge in [-0.2, -0.15) is 0 Å². The highest BCUT2D eigenvalue weighted by Crippen LogP contribution is 2.25. The lowest BCUT2D eigenvalue weighted by atomic mass is 10.1. The highest BCUT2D eigenvalue weighted by Gasteiger charge is 2.07. The number of aryl methyl sites for hydroxylation is 1. The van der Waals surface area contributed by atoms with Gasteiger partial charge in [-0.05, 0) is 18.4 Å². The van der Waals surface area contributed by atoms with Gasteiger partial charge >= 0.3 is 0 Å². The van der Waals surface area contributed by atoms with Crippen LogP contribution in [0.4, 0.5) is 5.13 Å². The van der Waals surface area contributed by atoms with Crippen LogP contribution in [0.25, 0.3) is 11.3 Å². The van der Waals surface area contributed by atoms with Crippen molar-refractivity contribution in [1.82, 2.24) is 4.98 Å². The van der Waals surface area contributed by atoms with Crippen molar-refractivity contribution in [3.8, 4) is 11.3 Å². The standard InChI is InChI=1S/C16H20N2O2S/c1-3-4-5-12-6-8-13(9-7-12)14-11-21-16(17-14)18-15(19)10-20-2/h6-9,11H,3-5,10H2,1-2H3,(H,17,18,19). The maximum Gasteiger partial charge on any atom is 0.252 e. The summed E-state index contributed by atoms with van der Waals surface area (Å²) in [6.07, 6.45) is 3.54. The second kappa shape index (κ2) is 7.90. The van der Waals surface area contributed by atoms with Crippen LogP contribution < -0.4 is 5.32 Å². The number of carbonyl (C=O) groups excluding carboxylic acids is 1. The molecule has 1 aromatic heterocycles. The second-order valence-corrected chi connectivity index (χ2v) is 5.68. The van der Waals surface area contributed by atoms with Crippen molar-refractivity contribution in [3.05, 3.63) is 35.2 Å². The van der Waals surface area contributed by atoms with Crippen molar-refractivity contribution >= 4 is 22.4 Å². The zero-order valence-corrected chi connectivity index (χ0v) is 13.2. The topological polar surface area (TPSA) is 51.2 Å². The molecule has 1 heterocycles. The molecule has 112 valence electrons. The highest BCUT2D eigenvalue weighted by atomic mass is 32.1. The van der Waals surface area contributed by atoms with E-state index in [4.69, 9.17) is 4.74 Å². The molecule has 0 atom stereocenters. The summed E-state index contributed by atoms with van der Waals surface area (Å²) in [7, 11) is 1.49. The van der Waals surface area contributed by atoms with E-state index < -0.39 is 0 Å². The van der Waals surface area contributed by atoms with Crippen molar-refractivity contribution in [3.63, 3.8) is 0 Å². The zero-order valence-electron chi connectivity index (χ0n) is 12.4. The highest BCUT2D eigenvalue weighted by molar-refractivity contribution is 7.14. The number of methoxy groups -OCH3 is 1. The summed E-state index contributed by atoms with van der Waals surface area (Å²) < 4.78 is 4.78. The Morgan fingerprint density at radius 3 is 2.76 bits per heavy atom. The van der Waals surface area contributed by atoms with Crippen molar-refractivity contribution in [2.75, 3.05) is 19.0 Å². The van der Waals surface area contributed by atoms with Crippen LogP contribution in [0.15, 0.2) is 29.6 Å². The third kappa shape index (κ3) is 4.65. The average Bonchev–Trinajstić information content (AvgIpc) is 2.94. The predicted molar refractivity (Wildman–Crippen MR) is 86.7 cm³/mol. The number of ether oxygens (including phenoxy) is 1. The monoisotopic (exact) mass is 304 g/mol. The number of benzene rings is 1. The summed E-state index contributed by atoms with van der Waals surface area (Å²) in [5.41, 5.74) is 3.30. The third-order valence-corrected chi connectivity index (χ3v) is 3.85. The molecule has 0 aliphatic heterocycles. The maximum atomic E-state index is 11.4. The lowest BCUT2D eigenvalue weighted by Crippen LogP contribution is -2.16. The first-order valence-electron chi connectivity index (χ1n) is 7.06. The minimum Gasteiger partial charge on any atom is -0.375 e. The summed E-state index contributed by atoms with van der Waals surface area (Å²) in [6.45, 7) is 2.24. The average molecular weight is 304 g/mol. The molecule has 0 saturated carbocycles.